The van der Waals surface area contributed by atoms with Crippen molar-refractivity contribution in [1.29, 1.82) is 0 Å². The largest absolute Gasteiger partial charge is 0.457 e. The third-order valence-corrected chi connectivity index (χ3v) is 4.04. The first-order valence-corrected chi connectivity index (χ1v) is 7.32. The number of aryl methyl sites for hydroxylation is 3. The molecule has 2 nitrogen and oxygen atoms in total. The number of fused-ring (bicyclic) bond motifs is 1. The number of aliphatic hydroxyl groups is 1. The van der Waals surface area contributed by atoms with Crippen LogP contribution in [-0.4, -0.2) is 5.11 Å². The van der Waals surface area contributed by atoms with E-state index in [1.807, 2.05) is 12.1 Å². The molecule has 2 aromatic rings. The third-order valence-electron chi connectivity index (χ3n) is 4.04. The summed E-state index contributed by atoms with van der Waals surface area (Å²) in [5.74, 6) is 0.928. The second-order valence-corrected chi connectivity index (χ2v) is 5.70. The zero-order valence-electron chi connectivity index (χ0n) is 12.3. The lowest BCUT2D eigenvalue weighted by molar-refractivity contribution is 0.195. The highest BCUT2D eigenvalue weighted by atomic mass is 19.1. The predicted molar refractivity (Wildman–Crippen MR) is 80.3 cm³/mol. The van der Waals surface area contributed by atoms with E-state index < -0.39 is 6.10 Å². The Morgan fingerprint density at radius 1 is 1.14 bits per heavy atom. The Balaban J connectivity index is 1.95. The van der Waals surface area contributed by atoms with Crippen LogP contribution in [-0.2, 0) is 12.8 Å². The average Bonchev–Trinajstić information content (AvgIpc) is 2.89. The third kappa shape index (κ3) is 2.79. The first-order chi connectivity index (χ1) is 10.0. The lowest BCUT2D eigenvalue weighted by atomic mass is 10.1. The maximum Gasteiger partial charge on any atom is 0.133 e. The maximum atomic E-state index is 13.7. The molecule has 1 atom stereocenters. The quantitative estimate of drug-likeness (QED) is 0.902. The average molecular weight is 286 g/mol. The van der Waals surface area contributed by atoms with Crippen molar-refractivity contribution in [1.82, 2.24) is 0 Å². The second-order valence-electron chi connectivity index (χ2n) is 5.70. The molecule has 0 aromatic heterocycles. The van der Waals surface area contributed by atoms with Crippen LogP contribution in [0.25, 0.3) is 0 Å². The zero-order chi connectivity index (χ0) is 15.0. The van der Waals surface area contributed by atoms with Gasteiger partial charge in [0.2, 0.25) is 0 Å². The van der Waals surface area contributed by atoms with E-state index in [1.165, 1.54) is 23.6 Å². The van der Waals surface area contributed by atoms with Crippen molar-refractivity contribution in [2.75, 3.05) is 0 Å². The fraction of sp³-hybridized carbons (Fsp3) is 0.333. The van der Waals surface area contributed by atoms with Crippen LogP contribution in [0.2, 0.25) is 0 Å². The van der Waals surface area contributed by atoms with Crippen molar-refractivity contribution < 1.29 is 14.2 Å². The molecule has 1 unspecified atom stereocenters. The predicted octanol–water partition coefficient (Wildman–Crippen LogP) is 4.47. The van der Waals surface area contributed by atoms with Crippen LogP contribution in [0.4, 0.5) is 4.39 Å². The van der Waals surface area contributed by atoms with Gasteiger partial charge in [0.1, 0.15) is 17.3 Å². The zero-order valence-corrected chi connectivity index (χ0v) is 12.3. The van der Waals surface area contributed by atoms with E-state index in [4.69, 9.17) is 4.74 Å². The number of ether oxygens (including phenoxy) is 1. The highest BCUT2D eigenvalue weighted by molar-refractivity contribution is 5.45. The molecule has 0 amide bonds. The highest BCUT2D eigenvalue weighted by Gasteiger charge is 2.15. The number of aliphatic hydroxyl groups excluding tert-OH is 1. The number of halogens is 1. The van der Waals surface area contributed by atoms with E-state index in [1.54, 1.807) is 19.9 Å². The van der Waals surface area contributed by atoms with Gasteiger partial charge >= 0.3 is 0 Å². The molecule has 0 heterocycles. The normalized spacial score (nSPS) is 14.9. The monoisotopic (exact) mass is 286 g/mol. The van der Waals surface area contributed by atoms with Gasteiger partial charge in [-0.05, 0) is 74.1 Å². The van der Waals surface area contributed by atoms with Crippen molar-refractivity contribution >= 4 is 0 Å². The van der Waals surface area contributed by atoms with Crippen LogP contribution in [0.3, 0.4) is 0 Å². The molecular formula is C18H19FO2. The van der Waals surface area contributed by atoms with Crippen molar-refractivity contribution in [3.05, 3.63) is 58.4 Å². The number of hydrogen-bond acceptors (Lipinski definition) is 2. The number of rotatable bonds is 3. The van der Waals surface area contributed by atoms with Crippen molar-refractivity contribution in [3.8, 4) is 11.5 Å². The van der Waals surface area contributed by atoms with Gasteiger partial charge in [-0.15, -0.1) is 0 Å². The first kappa shape index (κ1) is 14.1. The molecule has 1 aliphatic rings. The Morgan fingerprint density at radius 2 is 1.90 bits per heavy atom. The lowest BCUT2D eigenvalue weighted by Crippen LogP contribution is -1.99. The molecule has 3 heteroatoms. The molecule has 0 spiro atoms. The van der Waals surface area contributed by atoms with E-state index in [-0.39, 0.29) is 5.82 Å². The summed E-state index contributed by atoms with van der Waals surface area (Å²) in [6.07, 6.45) is 2.63. The summed E-state index contributed by atoms with van der Waals surface area (Å²) in [4.78, 5) is 0. The van der Waals surface area contributed by atoms with Crippen molar-refractivity contribution in [3.63, 3.8) is 0 Å². The van der Waals surface area contributed by atoms with E-state index in [0.29, 0.717) is 16.9 Å². The summed E-state index contributed by atoms with van der Waals surface area (Å²) in [5, 5.41) is 9.81. The molecule has 3 rings (SSSR count). The fourth-order valence-corrected chi connectivity index (χ4v) is 2.82. The van der Waals surface area contributed by atoms with Crippen LogP contribution in [0.1, 0.15) is 41.7 Å². The maximum absolute atomic E-state index is 13.7. The number of benzene rings is 2. The summed E-state index contributed by atoms with van der Waals surface area (Å²) >= 11 is 0. The molecule has 21 heavy (non-hydrogen) atoms. The summed E-state index contributed by atoms with van der Waals surface area (Å²) < 4.78 is 19.6. The van der Waals surface area contributed by atoms with E-state index in [0.717, 1.165) is 18.6 Å². The molecular weight excluding hydrogens is 267 g/mol. The second kappa shape index (κ2) is 5.49. The molecule has 0 fully saturated rings. The summed E-state index contributed by atoms with van der Waals surface area (Å²) in [5.41, 5.74) is 3.69. The SMILES string of the molecule is Cc1cc(Oc2ccc3c(c2)CCC3)c(C(C)O)cc1F. The molecule has 0 radical (unpaired) electrons. The number of hydrogen-bond donors (Lipinski definition) is 1. The summed E-state index contributed by atoms with van der Waals surface area (Å²) in [7, 11) is 0. The minimum absolute atomic E-state index is 0.327. The Kier molecular flexibility index (Phi) is 3.68. The van der Waals surface area contributed by atoms with Gasteiger partial charge in [-0.2, -0.15) is 0 Å². The van der Waals surface area contributed by atoms with Crippen LogP contribution < -0.4 is 4.74 Å². The van der Waals surface area contributed by atoms with Gasteiger partial charge in [0.25, 0.3) is 0 Å². The van der Waals surface area contributed by atoms with Gasteiger partial charge in [-0.25, -0.2) is 4.39 Å². The molecule has 0 saturated heterocycles. The fourth-order valence-electron chi connectivity index (χ4n) is 2.82. The van der Waals surface area contributed by atoms with Crippen molar-refractivity contribution in [2.24, 2.45) is 0 Å². The smallest absolute Gasteiger partial charge is 0.133 e. The topological polar surface area (TPSA) is 29.5 Å². The minimum Gasteiger partial charge on any atom is -0.457 e. The highest BCUT2D eigenvalue weighted by Crippen LogP contribution is 2.34. The minimum atomic E-state index is -0.774. The van der Waals surface area contributed by atoms with Gasteiger partial charge in [0.15, 0.2) is 0 Å². The van der Waals surface area contributed by atoms with Gasteiger partial charge in [-0.1, -0.05) is 6.07 Å². The Labute approximate surface area is 124 Å². The van der Waals surface area contributed by atoms with Crippen LogP contribution >= 0.6 is 0 Å². The van der Waals surface area contributed by atoms with E-state index >= 15 is 0 Å². The first-order valence-electron chi connectivity index (χ1n) is 7.32. The van der Waals surface area contributed by atoms with Gasteiger partial charge < -0.3 is 9.84 Å². The lowest BCUT2D eigenvalue weighted by Gasteiger charge is -2.15. The Hall–Kier alpha value is -1.87. The molecule has 1 N–H and O–H groups in total. The molecule has 0 bridgehead atoms. The van der Waals surface area contributed by atoms with Crippen LogP contribution in [0.15, 0.2) is 30.3 Å². The Bertz CT molecular complexity index is 677. The Morgan fingerprint density at radius 3 is 2.67 bits per heavy atom. The molecule has 0 aliphatic heterocycles. The summed E-state index contributed by atoms with van der Waals surface area (Å²) in [6, 6.07) is 9.07. The van der Waals surface area contributed by atoms with Crippen LogP contribution in [0.5, 0.6) is 11.5 Å². The van der Waals surface area contributed by atoms with Gasteiger partial charge in [0, 0.05) is 5.56 Å². The van der Waals surface area contributed by atoms with Crippen LogP contribution in [0, 0.1) is 12.7 Å². The van der Waals surface area contributed by atoms with Crippen molar-refractivity contribution in [2.45, 2.75) is 39.2 Å². The van der Waals surface area contributed by atoms with E-state index in [2.05, 4.69) is 6.07 Å². The molecule has 110 valence electrons. The summed E-state index contributed by atoms with van der Waals surface area (Å²) in [6.45, 7) is 3.30. The van der Waals surface area contributed by atoms with E-state index in [9.17, 15) is 9.50 Å². The molecule has 0 saturated carbocycles. The van der Waals surface area contributed by atoms with Gasteiger partial charge in [0.05, 0.1) is 6.10 Å². The molecule has 2 aromatic carbocycles. The molecule has 1 aliphatic carbocycles. The van der Waals surface area contributed by atoms with Gasteiger partial charge in [-0.3, -0.25) is 0 Å². The standard InChI is InChI=1S/C18H19FO2/c1-11-8-18(16(12(2)20)10-17(11)19)21-15-7-6-13-4-3-5-14(13)9-15/h6-10,12,20H,3-5H2,1-2H3.